The van der Waals surface area contributed by atoms with E-state index in [1.807, 2.05) is 0 Å². The van der Waals surface area contributed by atoms with Crippen molar-refractivity contribution >= 4 is 76.8 Å². The monoisotopic (exact) mass is 1110 g/mol. The maximum Gasteiger partial charge on any atom is 3.00 e. The van der Waals surface area contributed by atoms with E-state index in [0.717, 1.165) is 38.5 Å². The van der Waals surface area contributed by atoms with Crippen LogP contribution >= 0.6 is 36.7 Å². The van der Waals surface area contributed by atoms with Crippen LogP contribution in [0.5, 0.6) is 0 Å². The summed E-state index contributed by atoms with van der Waals surface area (Å²) in [6, 6.07) is 0. The van der Waals surface area contributed by atoms with E-state index in [1.54, 1.807) is 0 Å². The first-order chi connectivity index (χ1) is 32.3. The van der Waals surface area contributed by atoms with Gasteiger partial charge in [-0.05, 0) is 39.1 Å². The van der Waals surface area contributed by atoms with E-state index < -0.39 is 15.7 Å². The fourth-order valence-electron chi connectivity index (χ4n) is 8.42. The van der Waals surface area contributed by atoms with Crippen LogP contribution in [0.15, 0.2) is 0 Å². The van der Waals surface area contributed by atoms with Crippen LogP contribution in [0.2, 0.25) is 0 Å². The topological polar surface area (TPSA) is 96.9 Å². The molecular formula is C57H111O6S3Sb. The van der Waals surface area contributed by atoms with E-state index in [4.69, 9.17) is 14.2 Å². The van der Waals surface area contributed by atoms with Crippen molar-refractivity contribution in [2.75, 3.05) is 19.8 Å². The Morgan fingerprint density at radius 2 is 0.328 bits per heavy atom. The predicted molar refractivity (Wildman–Crippen MR) is 300 cm³/mol. The van der Waals surface area contributed by atoms with Crippen molar-refractivity contribution in [1.82, 2.24) is 0 Å². The predicted octanol–water partition coefficient (Wildman–Crippen LogP) is 17.3. The minimum Gasteiger partial charge on any atom is -0.606 e. The van der Waals surface area contributed by atoms with E-state index in [0.29, 0.717) is 19.8 Å². The average Bonchev–Trinajstić information content (AvgIpc) is 3.29. The van der Waals surface area contributed by atoms with Gasteiger partial charge in [-0.3, -0.25) is 0 Å². The van der Waals surface area contributed by atoms with Gasteiger partial charge in [0.2, 0.25) is 0 Å². The third kappa shape index (κ3) is 83.1. The molecule has 0 saturated heterocycles. The van der Waals surface area contributed by atoms with Crippen molar-refractivity contribution in [2.24, 2.45) is 0 Å². The standard InChI is InChI=1S/3C19H38O2S.Sb/c3*1-2-3-4-5-6-7-8-9-10-11-12-13-14-15-16-17-18-21-19(20)22;/h3*2-18H2,1H3,(H,20,22);/q;;;+3/p-3. The Morgan fingerprint density at radius 3 is 0.433 bits per heavy atom. The number of hydrogen-bond acceptors (Lipinski definition) is 9. The van der Waals surface area contributed by atoms with Gasteiger partial charge in [0, 0.05) is 0 Å². The molecule has 0 saturated carbocycles. The molecule has 0 aromatic carbocycles. The van der Waals surface area contributed by atoms with Crippen LogP contribution in [0, 0.1) is 0 Å². The molecule has 0 aromatic heterocycles. The molecule has 0 fully saturated rings. The molecule has 0 aliphatic heterocycles. The van der Waals surface area contributed by atoms with Gasteiger partial charge in [0.25, 0.3) is 0 Å². The van der Waals surface area contributed by atoms with Crippen molar-refractivity contribution in [3.63, 3.8) is 0 Å². The molecule has 0 unspecified atom stereocenters. The van der Waals surface area contributed by atoms with Crippen molar-refractivity contribution in [1.29, 1.82) is 0 Å². The number of hydrogen-bond donors (Lipinski definition) is 0. The summed E-state index contributed by atoms with van der Waals surface area (Å²) in [6.07, 6.45) is 65.0. The molecule has 0 amide bonds. The van der Waals surface area contributed by atoms with Crippen molar-refractivity contribution < 1.29 is 29.5 Å². The first-order valence-corrected chi connectivity index (χ1v) is 30.0. The van der Waals surface area contributed by atoms with Gasteiger partial charge >= 0.3 is 24.4 Å². The average molecular weight is 1110 g/mol. The van der Waals surface area contributed by atoms with Gasteiger partial charge in [-0.1, -0.05) is 346 Å². The number of rotatable bonds is 51. The number of unbranched alkanes of at least 4 members (excludes halogenated alkanes) is 45. The summed E-state index contributed by atoms with van der Waals surface area (Å²) < 4.78 is 14.2. The molecule has 0 rings (SSSR count). The van der Waals surface area contributed by atoms with Gasteiger partial charge in [-0.25, -0.2) is 0 Å². The van der Waals surface area contributed by atoms with E-state index in [9.17, 15) is 15.3 Å². The van der Waals surface area contributed by atoms with Gasteiger partial charge in [0.15, 0.2) is 0 Å². The van der Waals surface area contributed by atoms with Crippen LogP contribution in [-0.4, -0.2) is 60.0 Å². The molecule has 0 aliphatic rings. The summed E-state index contributed by atoms with van der Waals surface area (Å²) in [4.78, 5) is 0. The molecule has 67 heavy (non-hydrogen) atoms. The summed E-state index contributed by atoms with van der Waals surface area (Å²) in [6.45, 7) is 8.33. The van der Waals surface area contributed by atoms with E-state index in [2.05, 4.69) is 57.4 Å². The SMILES string of the molecule is CCCCCCCCCCCCCCCCCCOC([O-])=S.CCCCCCCCCCCCCCCCCCOC([O-])=S.CCCCCCCCCCCCCCCCCCOC([O-])=S.[Sb+3]. The van der Waals surface area contributed by atoms with Gasteiger partial charge < -0.3 is 29.5 Å². The first kappa shape index (κ1) is 73.4. The molecule has 6 nitrogen and oxygen atoms in total. The fraction of sp³-hybridized carbons (Fsp3) is 0.947. The van der Waals surface area contributed by atoms with E-state index >= 15 is 0 Å². The normalized spacial score (nSPS) is 10.6. The van der Waals surface area contributed by atoms with Gasteiger partial charge in [-0.15, -0.1) is 0 Å². The second-order valence-corrected chi connectivity index (χ2v) is 20.2. The van der Waals surface area contributed by atoms with Crippen LogP contribution in [0.25, 0.3) is 0 Å². The smallest absolute Gasteiger partial charge is 0.606 e. The molecule has 398 valence electrons. The van der Waals surface area contributed by atoms with Crippen LogP contribution < -0.4 is 15.3 Å². The Hall–Kier alpha value is -0.112. The summed E-state index contributed by atoms with van der Waals surface area (Å²) >= 11 is 13.0. The zero-order valence-corrected chi connectivity index (χ0v) is 49.7. The maximum atomic E-state index is 10.4. The van der Waals surface area contributed by atoms with Gasteiger partial charge in [-0.2, -0.15) is 0 Å². The molecule has 10 heteroatoms. The van der Waals surface area contributed by atoms with E-state index in [-0.39, 0.29) is 24.4 Å². The van der Waals surface area contributed by atoms with Crippen LogP contribution in [-0.2, 0) is 14.2 Å². The van der Waals surface area contributed by atoms with Crippen molar-refractivity contribution in [2.45, 2.75) is 329 Å². The Labute approximate surface area is 452 Å². The molecule has 0 atom stereocenters. The Kier molecular flexibility index (Phi) is 76.9. The third-order valence-corrected chi connectivity index (χ3v) is 13.0. The molecule has 0 aromatic rings. The van der Waals surface area contributed by atoms with Crippen molar-refractivity contribution in [3.05, 3.63) is 0 Å². The molecule has 0 aliphatic carbocycles. The Bertz CT molecular complexity index is 816. The number of ether oxygens (including phenoxy) is 3. The molecule has 0 heterocycles. The second-order valence-electron chi connectivity index (χ2n) is 19.2. The van der Waals surface area contributed by atoms with Crippen LogP contribution in [0.4, 0.5) is 0 Å². The summed E-state index contributed by atoms with van der Waals surface area (Å²) in [7, 11) is 0. The Morgan fingerprint density at radius 1 is 0.224 bits per heavy atom. The summed E-state index contributed by atoms with van der Waals surface area (Å²) in [5, 5.41) is 29.5. The zero-order valence-electron chi connectivity index (χ0n) is 44.7. The van der Waals surface area contributed by atoms with Crippen LogP contribution in [0.1, 0.15) is 329 Å². The molecule has 0 bridgehead atoms. The first-order valence-electron chi connectivity index (χ1n) is 28.8. The molecular weight excluding hydrogens is 999 g/mol. The minimum absolute atomic E-state index is 0. The van der Waals surface area contributed by atoms with E-state index in [1.165, 1.54) is 270 Å². The third-order valence-electron chi connectivity index (χ3n) is 12.7. The summed E-state index contributed by atoms with van der Waals surface area (Å²) in [5.74, 6) is 0. The Balaban J connectivity index is -0.000000441. The van der Waals surface area contributed by atoms with Gasteiger partial charge in [0.1, 0.15) is 15.7 Å². The van der Waals surface area contributed by atoms with Gasteiger partial charge in [0.05, 0.1) is 0 Å². The van der Waals surface area contributed by atoms with Crippen molar-refractivity contribution in [3.8, 4) is 0 Å². The zero-order chi connectivity index (χ0) is 48.9. The quantitative estimate of drug-likeness (QED) is 0.0335. The second kappa shape index (κ2) is 70.1. The molecule has 2 radical (unpaired) electrons. The maximum absolute atomic E-state index is 10.4. The fourth-order valence-corrected chi connectivity index (χ4v) is 8.67. The minimum atomic E-state index is -0.569. The van der Waals surface area contributed by atoms with Crippen LogP contribution in [0.3, 0.4) is 0 Å². The molecule has 0 N–H and O–H groups in total. The largest absolute Gasteiger partial charge is 3.00 e. The summed E-state index contributed by atoms with van der Waals surface area (Å²) in [5.41, 5.74) is 0. The molecule has 0 spiro atoms. The number of thiocarbonyl (C=S) groups is 3.